The van der Waals surface area contributed by atoms with Crippen LogP contribution in [0.2, 0.25) is 0 Å². The maximum Gasteiger partial charge on any atom is 0.311 e. The van der Waals surface area contributed by atoms with E-state index in [0.717, 1.165) is 11.3 Å². The number of ether oxygens (including phenoxy) is 1. The lowest BCUT2D eigenvalue weighted by molar-refractivity contribution is -0.384. The first-order valence-corrected chi connectivity index (χ1v) is 9.52. The van der Waals surface area contributed by atoms with E-state index in [-0.39, 0.29) is 42.9 Å². The number of hydrogen-bond acceptors (Lipinski definition) is 8. The van der Waals surface area contributed by atoms with E-state index in [2.05, 4.69) is 10.1 Å². The van der Waals surface area contributed by atoms with Gasteiger partial charge in [-0.3, -0.25) is 19.7 Å². The van der Waals surface area contributed by atoms with Crippen molar-refractivity contribution in [3.8, 4) is 11.4 Å². The quantitative estimate of drug-likeness (QED) is 0.337. The Morgan fingerprint density at radius 1 is 1.23 bits per heavy atom. The molecule has 0 spiro atoms. The second-order valence-electron chi connectivity index (χ2n) is 7.16. The average molecular weight is 422 g/mol. The Labute approximate surface area is 176 Å². The Kier molecular flexibility index (Phi) is 5.44. The van der Waals surface area contributed by atoms with Crippen LogP contribution in [0.5, 0.6) is 0 Å². The fourth-order valence-electron chi connectivity index (χ4n) is 3.25. The number of carbonyl (C=O) groups excluding carboxylic acids is 2. The van der Waals surface area contributed by atoms with Gasteiger partial charge in [-0.05, 0) is 31.2 Å². The lowest BCUT2D eigenvalue weighted by Gasteiger charge is -2.16. The molecule has 1 unspecified atom stereocenters. The monoisotopic (exact) mass is 422 g/mol. The van der Waals surface area contributed by atoms with Gasteiger partial charge in [-0.25, -0.2) is 0 Å². The molecule has 1 aliphatic rings. The molecule has 0 saturated carbocycles. The van der Waals surface area contributed by atoms with Crippen LogP contribution in [0.4, 0.5) is 11.4 Å². The number of amides is 1. The van der Waals surface area contributed by atoms with E-state index in [0.29, 0.717) is 5.56 Å². The lowest BCUT2D eigenvalue weighted by atomic mass is 10.1. The Hall–Kier alpha value is -4.08. The average Bonchev–Trinajstić information content (AvgIpc) is 3.40. The van der Waals surface area contributed by atoms with Gasteiger partial charge in [-0.2, -0.15) is 4.98 Å². The molecule has 2 aromatic carbocycles. The highest BCUT2D eigenvalue weighted by Crippen LogP contribution is 2.26. The van der Waals surface area contributed by atoms with Crippen molar-refractivity contribution < 1.29 is 23.8 Å². The molecule has 1 aliphatic heterocycles. The van der Waals surface area contributed by atoms with E-state index in [9.17, 15) is 19.7 Å². The van der Waals surface area contributed by atoms with Crippen molar-refractivity contribution >= 4 is 23.3 Å². The van der Waals surface area contributed by atoms with Crippen LogP contribution in [-0.2, 0) is 20.9 Å². The summed E-state index contributed by atoms with van der Waals surface area (Å²) in [4.78, 5) is 40.7. The number of nitro groups is 1. The highest BCUT2D eigenvalue weighted by Gasteiger charge is 2.36. The van der Waals surface area contributed by atoms with E-state index >= 15 is 0 Å². The fourth-order valence-corrected chi connectivity index (χ4v) is 3.25. The number of nitrogens with zero attached hydrogens (tertiary/aromatic N) is 4. The smallest absolute Gasteiger partial charge is 0.311 e. The minimum Gasteiger partial charge on any atom is -0.455 e. The van der Waals surface area contributed by atoms with Gasteiger partial charge in [-0.15, -0.1) is 0 Å². The first-order valence-electron chi connectivity index (χ1n) is 9.52. The molecule has 31 heavy (non-hydrogen) atoms. The van der Waals surface area contributed by atoms with Gasteiger partial charge in [-0.1, -0.05) is 22.9 Å². The van der Waals surface area contributed by atoms with Crippen molar-refractivity contribution in [1.82, 2.24) is 10.1 Å². The number of rotatable bonds is 6. The SMILES string of the molecule is Cc1ccc(N2CC(C(=O)OCc3nc(-c4ccc([N+](=O)[O-])cc4)no3)CC2=O)cc1. The molecule has 0 aliphatic carbocycles. The minimum atomic E-state index is -0.578. The van der Waals surface area contributed by atoms with Crippen LogP contribution in [0.15, 0.2) is 53.1 Å². The molecule has 10 nitrogen and oxygen atoms in total. The molecule has 0 radical (unpaired) electrons. The van der Waals surface area contributed by atoms with Crippen molar-refractivity contribution in [3.05, 3.63) is 70.1 Å². The van der Waals surface area contributed by atoms with Gasteiger partial charge >= 0.3 is 5.97 Å². The first kappa shape index (κ1) is 20.2. The molecule has 4 rings (SSSR count). The molecule has 3 aromatic rings. The Bertz CT molecular complexity index is 1120. The van der Waals surface area contributed by atoms with Crippen LogP contribution in [0.3, 0.4) is 0 Å². The number of carbonyl (C=O) groups is 2. The van der Waals surface area contributed by atoms with Crippen LogP contribution >= 0.6 is 0 Å². The van der Waals surface area contributed by atoms with E-state index in [1.807, 2.05) is 31.2 Å². The molecule has 1 atom stereocenters. The van der Waals surface area contributed by atoms with E-state index in [1.165, 1.54) is 24.3 Å². The highest BCUT2D eigenvalue weighted by atomic mass is 16.6. The number of benzene rings is 2. The molecule has 1 amide bonds. The van der Waals surface area contributed by atoms with Gasteiger partial charge in [0.15, 0.2) is 6.61 Å². The number of anilines is 1. The summed E-state index contributed by atoms with van der Waals surface area (Å²) >= 11 is 0. The van der Waals surface area contributed by atoms with Gasteiger partial charge in [0.05, 0.1) is 10.8 Å². The Morgan fingerprint density at radius 3 is 2.61 bits per heavy atom. The summed E-state index contributed by atoms with van der Waals surface area (Å²) in [5.74, 6) is -0.920. The number of hydrogen-bond donors (Lipinski definition) is 0. The fraction of sp³-hybridized carbons (Fsp3) is 0.238. The summed E-state index contributed by atoms with van der Waals surface area (Å²) in [5.41, 5.74) is 2.31. The maximum atomic E-state index is 12.4. The van der Waals surface area contributed by atoms with Gasteiger partial charge in [0.2, 0.25) is 11.7 Å². The largest absolute Gasteiger partial charge is 0.455 e. The molecular weight excluding hydrogens is 404 g/mol. The predicted molar refractivity (Wildman–Crippen MR) is 108 cm³/mol. The molecule has 1 fully saturated rings. The predicted octanol–water partition coefficient (Wildman–Crippen LogP) is 3.05. The van der Waals surface area contributed by atoms with Gasteiger partial charge in [0, 0.05) is 36.3 Å². The summed E-state index contributed by atoms with van der Waals surface area (Å²) < 4.78 is 10.3. The molecule has 1 aromatic heterocycles. The highest BCUT2D eigenvalue weighted by molar-refractivity contribution is 5.99. The molecular formula is C21H18N4O6. The van der Waals surface area contributed by atoms with Crippen molar-refractivity contribution in [2.24, 2.45) is 5.92 Å². The zero-order valence-electron chi connectivity index (χ0n) is 16.6. The summed E-state index contributed by atoms with van der Waals surface area (Å²) in [6, 6.07) is 13.2. The maximum absolute atomic E-state index is 12.4. The van der Waals surface area contributed by atoms with Crippen LogP contribution in [0.1, 0.15) is 17.9 Å². The molecule has 0 bridgehead atoms. The van der Waals surface area contributed by atoms with Crippen LogP contribution in [0.25, 0.3) is 11.4 Å². The third kappa shape index (κ3) is 4.42. The van der Waals surface area contributed by atoms with E-state index in [4.69, 9.17) is 9.26 Å². The van der Waals surface area contributed by atoms with E-state index in [1.54, 1.807) is 4.90 Å². The zero-order chi connectivity index (χ0) is 22.0. The summed E-state index contributed by atoms with van der Waals surface area (Å²) in [6.07, 6.45) is 0.0740. The van der Waals surface area contributed by atoms with Crippen LogP contribution in [0, 0.1) is 23.0 Å². The van der Waals surface area contributed by atoms with Gasteiger partial charge in [0.25, 0.3) is 11.6 Å². The third-order valence-corrected chi connectivity index (χ3v) is 4.95. The number of aryl methyl sites for hydroxylation is 1. The van der Waals surface area contributed by atoms with Crippen LogP contribution < -0.4 is 4.90 Å². The third-order valence-electron chi connectivity index (χ3n) is 4.95. The summed E-state index contributed by atoms with van der Waals surface area (Å²) in [7, 11) is 0. The molecule has 1 saturated heterocycles. The Balaban J connectivity index is 1.34. The summed E-state index contributed by atoms with van der Waals surface area (Å²) in [6.45, 7) is 1.98. The molecule has 0 N–H and O–H groups in total. The second-order valence-corrected chi connectivity index (χ2v) is 7.16. The second kappa shape index (κ2) is 8.34. The number of aromatic nitrogens is 2. The molecule has 2 heterocycles. The topological polar surface area (TPSA) is 129 Å². The van der Waals surface area contributed by atoms with Crippen molar-refractivity contribution in [2.45, 2.75) is 20.0 Å². The lowest BCUT2D eigenvalue weighted by Crippen LogP contribution is -2.26. The number of non-ortho nitro benzene ring substituents is 1. The zero-order valence-corrected chi connectivity index (χ0v) is 16.6. The summed E-state index contributed by atoms with van der Waals surface area (Å²) in [5, 5.41) is 14.5. The minimum absolute atomic E-state index is 0.0489. The first-order chi connectivity index (χ1) is 14.9. The van der Waals surface area contributed by atoms with Crippen molar-refractivity contribution in [2.75, 3.05) is 11.4 Å². The van der Waals surface area contributed by atoms with Crippen molar-refractivity contribution in [1.29, 1.82) is 0 Å². The number of nitro benzene ring substituents is 1. The molecule has 10 heteroatoms. The molecule has 158 valence electrons. The standard InChI is InChI=1S/C21H18N4O6/c1-13-2-6-16(7-3-13)24-11-15(10-19(24)26)21(27)30-12-18-22-20(23-31-18)14-4-8-17(9-5-14)25(28)29/h2-9,15H,10-12H2,1H3. The van der Waals surface area contributed by atoms with E-state index < -0.39 is 16.8 Å². The van der Waals surface area contributed by atoms with Gasteiger partial charge < -0.3 is 14.2 Å². The van der Waals surface area contributed by atoms with Crippen LogP contribution in [-0.4, -0.2) is 33.5 Å². The van der Waals surface area contributed by atoms with Crippen molar-refractivity contribution in [3.63, 3.8) is 0 Å². The normalized spacial score (nSPS) is 15.8. The van der Waals surface area contributed by atoms with Gasteiger partial charge in [0.1, 0.15) is 0 Å². The number of esters is 1. The Morgan fingerprint density at radius 2 is 1.94 bits per heavy atom.